The smallest absolute Gasteiger partial charge is 0.313 e. The molecule has 1 N–H and O–H groups in total. The molecule has 0 aliphatic heterocycles. The summed E-state index contributed by atoms with van der Waals surface area (Å²) in [5, 5.41) is 3.15. The Bertz CT molecular complexity index is 356. The molecule has 0 aromatic carbocycles. The number of hydrogen-bond donors (Lipinski definition) is 1. The van der Waals surface area contributed by atoms with Gasteiger partial charge in [0.2, 0.25) is 0 Å². The highest BCUT2D eigenvalue weighted by atomic mass is 16.1. The zero-order valence-electron chi connectivity index (χ0n) is 8.36. The maximum atomic E-state index is 11.2. The molecule has 0 radical (unpaired) electrons. The SMILES string of the molecule is C=C(CNCC)Cn1cccnc1=O. The van der Waals surface area contributed by atoms with Gasteiger partial charge in [-0.3, -0.25) is 4.57 Å². The Kier molecular flexibility index (Phi) is 4.07. The van der Waals surface area contributed by atoms with E-state index < -0.39 is 0 Å². The molecule has 0 atom stereocenters. The Balaban J connectivity index is 2.56. The van der Waals surface area contributed by atoms with Gasteiger partial charge in [0.15, 0.2) is 0 Å². The van der Waals surface area contributed by atoms with Crippen molar-refractivity contribution >= 4 is 0 Å². The molecule has 0 aliphatic carbocycles. The van der Waals surface area contributed by atoms with Crippen LogP contribution in [0.1, 0.15) is 6.92 Å². The van der Waals surface area contributed by atoms with Gasteiger partial charge in [0.05, 0.1) is 0 Å². The third-order valence-corrected chi connectivity index (χ3v) is 1.80. The topological polar surface area (TPSA) is 46.9 Å². The van der Waals surface area contributed by atoms with Crippen LogP contribution in [0.4, 0.5) is 0 Å². The normalized spacial score (nSPS) is 10.1. The molecule has 4 nitrogen and oxygen atoms in total. The van der Waals surface area contributed by atoms with Gasteiger partial charge in [-0.25, -0.2) is 9.78 Å². The molecule has 1 aromatic rings. The van der Waals surface area contributed by atoms with E-state index in [2.05, 4.69) is 16.9 Å². The largest absolute Gasteiger partial charge is 0.347 e. The van der Waals surface area contributed by atoms with E-state index in [-0.39, 0.29) is 5.69 Å². The molecule has 0 spiro atoms. The van der Waals surface area contributed by atoms with Crippen molar-refractivity contribution in [3.05, 3.63) is 41.1 Å². The summed E-state index contributed by atoms with van der Waals surface area (Å²) in [5.41, 5.74) is 0.743. The first-order valence-corrected chi connectivity index (χ1v) is 4.63. The van der Waals surface area contributed by atoms with Crippen LogP contribution in [-0.2, 0) is 6.54 Å². The van der Waals surface area contributed by atoms with Crippen molar-refractivity contribution < 1.29 is 0 Å². The summed E-state index contributed by atoms with van der Waals surface area (Å²) in [6.45, 7) is 8.08. The molecule has 1 heterocycles. The standard InChI is InChI=1S/C10H15N3O/c1-3-11-7-9(2)8-13-6-4-5-12-10(13)14/h4-6,11H,2-3,7-8H2,1H3. The molecule has 0 saturated carbocycles. The van der Waals surface area contributed by atoms with Gasteiger partial charge >= 0.3 is 5.69 Å². The molecule has 14 heavy (non-hydrogen) atoms. The van der Waals surface area contributed by atoms with Crippen LogP contribution in [0, 0.1) is 0 Å². The van der Waals surface area contributed by atoms with Gasteiger partial charge in [0.25, 0.3) is 0 Å². The van der Waals surface area contributed by atoms with Crippen molar-refractivity contribution in [2.24, 2.45) is 0 Å². The van der Waals surface area contributed by atoms with E-state index in [0.717, 1.165) is 18.7 Å². The average molecular weight is 193 g/mol. The maximum absolute atomic E-state index is 11.2. The molecule has 0 fully saturated rings. The molecule has 4 heteroatoms. The molecule has 0 aliphatic rings. The lowest BCUT2D eigenvalue weighted by molar-refractivity contribution is 0.672. The number of nitrogens with one attached hydrogen (secondary N) is 1. The highest BCUT2D eigenvalue weighted by Crippen LogP contribution is 1.91. The predicted octanol–water partition coefficient (Wildman–Crippen LogP) is 0.409. The van der Waals surface area contributed by atoms with Crippen LogP contribution >= 0.6 is 0 Å². The van der Waals surface area contributed by atoms with Gasteiger partial charge in [-0.1, -0.05) is 13.5 Å². The third kappa shape index (κ3) is 3.14. The Morgan fingerprint density at radius 3 is 3.14 bits per heavy atom. The van der Waals surface area contributed by atoms with Crippen LogP contribution in [0.5, 0.6) is 0 Å². The van der Waals surface area contributed by atoms with Gasteiger partial charge < -0.3 is 5.32 Å². The van der Waals surface area contributed by atoms with E-state index in [1.54, 1.807) is 16.8 Å². The number of hydrogen-bond acceptors (Lipinski definition) is 3. The van der Waals surface area contributed by atoms with Crippen molar-refractivity contribution in [2.75, 3.05) is 13.1 Å². The molecule has 76 valence electrons. The van der Waals surface area contributed by atoms with E-state index in [0.29, 0.717) is 6.54 Å². The summed E-state index contributed by atoms with van der Waals surface area (Å²) in [5.74, 6) is 0. The first-order valence-electron chi connectivity index (χ1n) is 4.63. The fraction of sp³-hybridized carbons (Fsp3) is 0.400. The van der Waals surface area contributed by atoms with Crippen LogP contribution in [0.3, 0.4) is 0 Å². The molecule has 1 aromatic heterocycles. The summed E-state index contributed by atoms with van der Waals surface area (Å²) in [6.07, 6.45) is 3.21. The monoisotopic (exact) mass is 193 g/mol. The Morgan fingerprint density at radius 1 is 1.71 bits per heavy atom. The minimum atomic E-state index is -0.231. The van der Waals surface area contributed by atoms with Gasteiger partial charge in [-0.15, -0.1) is 0 Å². The lowest BCUT2D eigenvalue weighted by atomic mass is 10.3. The molecule has 1 rings (SSSR count). The maximum Gasteiger partial charge on any atom is 0.347 e. The minimum Gasteiger partial charge on any atom is -0.313 e. The summed E-state index contributed by atoms with van der Waals surface area (Å²) >= 11 is 0. The van der Waals surface area contributed by atoms with Gasteiger partial charge in [-0.05, 0) is 18.2 Å². The Morgan fingerprint density at radius 2 is 2.50 bits per heavy atom. The summed E-state index contributed by atoms with van der Waals surface area (Å²) in [4.78, 5) is 14.9. The van der Waals surface area contributed by atoms with Crippen LogP contribution < -0.4 is 11.0 Å². The van der Waals surface area contributed by atoms with Crippen molar-refractivity contribution in [1.82, 2.24) is 14.9 Å². The van der Waals surface area contributed by atoms with E-state index in [1.165, 1.54) is 6.20 Å². The molecule has 0 bridgehead atoms. The molecular weight excluding hydrogens is 178 g/mol. The number of aromatic nitrogens is 2. The van der Waals surface area contributed by atoms with Gasteiger partial charge in [0, 0.05) is 25.5 Å². The molecule has 0 amide bonds. The average Bonchev–Trinajstić information content (AvgIpc) is 2.18. The quantitative estimate of drug-likeness (QED) is 0.689. The first-order chi connectivity index (χ1) is 6.74. The molecule has 0 unspecified atom stereocenters. The summed E-state index contributed by atoms with van der Waals surface area (Å²) in [7, 11) is 0. The third-order valence-electron chi connectivity index (χ3n) is 1.80. The second-order valence-corrected chi connectivity index (χ2v) is 3.06. The first kappa shape index (κ1) is 10.7. The fourth-order valence-electron chi connectivity index (χ4n) is 1.11. The van der Waals surface area contributed by atoms with Crippen LogP contribution in [-0.4, -0.2) is 22.6 Å². The molecule has 0 saturated heterocycles. The zero-order valence-corrected chi connectivity index (χ0v) is 8.36. The van der Waals surface area contributed by atoms with Crippen molar-refractivity contribution in [3.63, 3.8) is 0 Å². The second kappa shape index (κ2) is 5.34. The van der Waals surface area contributed by atoms with Gasteiger partial charge in [0.1, 0.15) is 0 Å². The van der Waals surface area contributed by atoms with Crippen molar-refractivity contribution in [1.29, 1.82) is 0 Å². The second-order valence-electron chi connectivity index (χ2n) is 3.06. The summed E-state index contributed by atoms with van der Waals surface area (Å²) < 4.78 is 1.54. The Hall–Kier alpha value is -1.42. The lowest BCUT2D eigenvalue weighted by Gasteiger charge is -2.07. The Labute approximate surface area is 83.3 Å². The van der Waals surface area contributed by atoms with Crippen LogP contribution in [0.25, 0.3) is 0 Å². The fourth-order valence-corrected chi connectivity index (χ4v) is 1.11. The van der Waals surface area contributed by atoms with Crippen LogP contribution in [0.2, 0.25) is 0 Å². The highest BCUT2D eigenvalue weighted by Gasteiger charge is 1.97. The number of nitrogens with zero attached hydrogens (tertiary/aromatic N) is 2. The molecular formula is C10H15N3O. The van der Waals surface area contributed by atoms with E-state index in [1.807, 2.05) is 6.92 Å². The van der Waals surface area contributed by atoms with Crippen LogP contribution in [0.15, 0.2) is 35.4 Å². The van der Waals surface area contributed by atoms with E-state index >= 15 is 0 Å². The van der Waals surface area contributed by atoms with E-state index in [4.69, 9.17) is 0 Å². The predicted molar refractivity (Wildman–Crippen MR) is 56.2 cm³/mol. The van der Waals surface area contributed by atoms with Crippen molar-refractivity contribution in [2.45, 2.75) is 13.5 Å². The van der Waals surface area contributed by atoms with E-state index in [9.17, 15) is 4.79 Å². The van der Waals surface area contributed by atoms with Crippen molar-refractivity contribution in [3.8, 4) is 0 Å². The van der Waals surface area contributed by atoms with Gasteiger partial charge in [-0.2, -0.15) is 0 Å². The lowest BCUT2D eigenvalue weighted by Crippen LogP contribution is -2.25. The minimum absolute atomic E-state index is 0.231. The number of rotatable bonds is 5. The zero-order chi connectivity index (χ0) is 10.4. The summed E-state index contributed by atoms with van der Waals surface area (Å²) in [6, 6.07) is 1.74. The number of likely N-dealkylation sites (N-methyl/N-ethyl adjacent to an activating group) is 1. The highest BCUT2D eigenvalue weighted by molar-refractivity contribution is 4.98.